The molecule has 3 rings (SSSR count). The molecule has 118 valence electrons. The van der Waals surface area contributed by atoms with E-state index in [0.29, 0.717) is 18.4 Å². The third kappa shape index (κ3) is 2.99. The molecule has 5 nitrogen and oxygen atoms in total. The molecule has 0 bridgehead atoms. The van der Waals surface area contributed by atoms with E-state index in [1.54, 1.807) is 0 Å². The number of nitrogens with two attached hydrogens (primary N) is 1. The van der Waals surface area contributed by atoms with Gasteiger partial charge in [0.05, 0.1) is 18.0 Å². The normalized spacial score (nSPS) is 15.1. The molecule has 0 amide bonds. The van der Waals surface area contributed by atoms with Crippen LogP contribution in [-0.2, 0) is 6.54 Å². The Morgan fingerprint density at radius 2 is 2.00 bits per heavy atom. The summed E-state index contributed by atoms with van der Waals surface area (Å²) in [5, 5.41) is 8.56. The number of aromatic nitrogens is 3. The third-order valence-corrected chi connectivity index (χ3v) is 4.13. The quantitative estimate of drug-likeness (QED) is 0.890. The van der Waals surface area contributed by atoms with Crippen LogP contribution in [0.1, 0.15) is 50.4 Å². The Labute approximate surface area is 131 Å². The van der Waals surface area contributed by atoms with Gasteiger partial charge >= 0.3 is 0 Å². The summed E-state index contributed by atoms with van der Waals surface area (Å²) in [4.78, 5) is 0. The van der Waals surface area contributed by atoms with Crippen molar-refractivity contribution in [2.24, 2.45) is 11.7 Å². The van der Waals surface area contributed by atoms with E-state index in [-0.39, 0.29) is 0 Å². The van der Waals surface area contributed by atoms with Gasteiger partial charge in [0.15, 0.2) is 0 Å². The molecule has 0 atom stereocenters. The average molecular weight is 300 g/mol. The van der Waals surface area contributed by atoms with E-state index in [1.165, 1.54) is 25.0 Å². The van der Waals surface area contributed by atoms with Crippen LogP contribution < -0.4 is 10.5 Å². The molecule has 1 heterocycles. The van der Waals surface area contributed by atoms with Crippen LogP contribution in [0.4, 0.5) is 0 Å². The molecule has 1 aliphatic carbocycles. The molecule has 5 heteroatoms. The van der Waals surface area contributed by atoms with Gasteiger partial charge < -0.3 is 10.5 Å². The van der Waals surface area contributed by atoms with Crippen LogP contribution >= 0.6 is 0 Å². The predicted octanol–water partition coefficient (Wildman–Crippen LogP) is 3.03. The summed E-state index contributed by atoms with van der Waals surface area (Å²) >= 11 is 0. The van der Waals surface area contributed by atoms with E-state index < -0.39 is 0 Å². The SMILES string of the molecule is CC(C)COc1ccc(-n2nnc(CN)c2C2CCC2)cc1. The summed E-state index contributed by atoms with van der Waals surface area (Å²) in [6.07, 6.45) is 3.69. The molecule has 2 N–H and O–H groups in total. The van der Waals surface area contributed by atoms with Crippen molar-refractivity contribution in [2.45, 2.75) is 45.6 Å². The van der Waals surface area contributed by atoms with E-state index >= 15 is 0 Å². The van der Waals surface area contributed by atoms with Crippen molar-refractivity contribution < 1.29 is 4.74 Å². The Kier molecular flexibility index (Phi) is 4.43. The molecule has 2 aromatic rings. The molecule has 0 saturated heterocycles. The lowest BCUT2D eigenvalue weighted by atomic mass is 9.82. The van der Waals surface area contributed by atoms with Gasteiger partial charge in [-0.1, -0.05) is 25.5 Å². The van der Waals surface area contributed by atoms with Crippen molar-refractivity contribution in [2.75, 3.05) is 6.61 Å². The van der Waals surface area contributed by atoms with Gasteiger partial charge in [0.25, 0.3) is 0 Å². The van der Waals surface area contributed by atoms with Crippen LogP contribution in [0.3, 0.4) is 0 Å². The van der Waals surface area contributed by atoms with E-state index in [1.807, 2.05) is 28.9 Å². The van der Waals surface area contributed by atoms with Crippen molar-refractivity contribution >= 4 is 0 Å². The number of hydrogen-bond donors (Lipinski definition) is 1. The van der Waals surface area contributed by atoms with Gasteiger partial charge in [-0.2, -0.15) is 0 Å². The monoisotopic (exact) mass is 300 g/mol. The second-order valence-corrected chi connectivity index (χ2v) is 6.36. The molecule has 1 aromatic heterocycles. The molecule has 22 heavy (non-hydrogen) atoms. The largest absolute Gasteiger partial charge is 0.493 e. The Morgan fingerprint density at radius 3 is 2.55 bits per heavy atom. The van der Waals surface area contributed by atoms with E-state index in [4.69, 9.17) is 10.5 Å². The Morgan fingerprint density at radius 1 is 1.27 bits per heavy atom. The first kappa shape index (κ1) is 15.0. The van der Waals surface area contributed by atoms with Crippen LogP contribution in [0.25, 0.3) is 5.69 Å². The first-order valence-corrected chi connectivity index (χ1v) is 8.06. The zero-order valence-electron chi connectivity index (χ0n) is 13.3. The Hall–Kier alpha value is -1.88. The second-order valence-electron chi connectivity index (χ2n) is 6.36. The average Bonchev–Trinajstić information content (AvgIpc) is 2.87. The number of nitrogens with zero attached hydrogens (tertiary/aromatic N) is 3. The summed E-state index contributed by atoms with van der Waals surface area (Å²) in [5.41, 5.74) is 8.94. The molecule has 0 aliphatic heterocycles. The maximum Gasteiger partial charge on any atom is 0.119 e. The summed E-state index contributed by atoms with van der Waals surface area (Å²) in [6.45, 7) is 5.46. The third-order valence-electron chi connectivity index (χ3n) is 4.13. The van der Waals surface area contributed by atoms with Gasteiger partial charge in [0.2, 0.25) is 0 Å². The van der Waals surface area contributed by atoms with Crippen molar-refractivity contribution in [3.05, 3.63) is 35.7 Å². The van der Waals surface area contributed by atoms with Gasteiger partial charge in [-0.25, -0.2) is 4.68 Å². The van der Waals surface area contributed by atoms with E-state index in [0.717, 1.165) is 23.7 Å². The smallest absolute Gasteiger partial charge is 0.119 e. The first-order chi connectivity index (χ1) is 10.7. The summed E-state index contributed by atoms with van der Waals surface area (Å²) in [5.74, 6) is 1.96. The topological polar surface area (TPSA) is 66.0 Å². The minimum atomic E-state index is 0.446. The van der Waals surface area contributed by atoms with Crippen LogP contribution in [-0.4, -0.2) is 21.6 Å². The van der Waals surface area contributed by atoms with Crippen LogP contribution in [0, 0.1) is 5.92 Å². The molecule has 0 unspecified atom stereocenters. The van der Waals surface area contributed by atoms with Gasteiger partial charge in [0, 0.05) is 12.5 Å². The lowest BCUT2D eigenvalue weighted by Crippen LogP contribution is -2.17. The lowest BCUT2D eigenvalue weighted by Gasteiger charge is -2.26. The van der Waals surface area contributed by atoms with E-state index in [9.17, 15) is 0 Å². The number of benzene rings is 1. The molecular formula is C17H24N4O. The highest BCUT2D eigenvalue weighted by atomic mass is 16.5. The summed E-state index contributed by atoms with van der Waals surface area (Å²) < 4.78 is 7.67. The highest BCUT2D eigenvalue weighted by Crippen LogP contribution is 2.38. The van der Waals surface area contributed by atoms with Gasteiger partial charge in [-0.15, -0.1) is 5.10 Å². The van der Waals surface area contributed by atoms with Crippen LogP contribution in [0.5, 0.6) is 5.75 Å². The fourth-order valence-electron chi connectivity index (χ4n) is 2.69. The maximum atomic E-state index is 5.81. The van der Waals surface area contributed by atoms with Crippen molar-refractivity contribution in [3.8, 4) is 11.4 Å². The zero-order chi connectivity index (χ0) is 15.5. The van der Waals surface area contributed by atoms with Crippen molar-refractivity contribution in [3.63, 3.8) is 0 Å². The van der Waals surface area contributed by atoms with Gasteiger partial charge in [-0.3, -0.25) is 0 Å². The molecule has 1 fully saturated rings. The fourth-order valence-corrected chi connectivity index (χ4v) is 2.69. The minimum absolute atomic E-state index is 0.446. The summed E-state index contributed by atoms with van der Waals surface area (Å²) in [7, 11) is 0. The number of hydrogen-bond acceptors (Lipinski definition) is 4. The summed E-state index contributed by atoms with van der Waals surface area (Å²) in [6, 6.07) is 8.05. The fraction of sp³-hybridized carbons (Fsp3) is 0.529. The minimum Gasteiger partial charge on any atom is -0.493 e. The highest BCUT2D eigenvalue weighted by Gasteiger charge is 2.27. The van der Waals surface area contributed by atoms with Crippen molar-refractivity contribution in [1.82, 2.24) is 15.0 Å². The molecule has 0 spiro atoms. The molecule has 0 radical (unpaired) electrons. The van der Waals surface area contributed by atoms with Crippen LogP contribution in [0.2, 0.25) is 0 Å². The zero-order valence-corrected chi connectivity index (χ0v) is 13.3. The van der Waals surface area contributed by atoms with Gasteiger partial charge in [-0.05, 0) is 43.0 Å². The standard InChI is InChI=1S/C17H24N4O/c1-12(2)11-22-15-8-6-14(7-9-15)21-17(13-4-3-5-13)16(10-18)19-20-21/h6-9,12-13H,3-5,10-11,18H2,1-2H3. The highest BCUT2D eigenvalue weighted by molar-refractivity contribution is 5.39. The second kappa shape index (κ2) is 6.48. The molecule has 1 aliphatic rings. The molecular weight excluding hydrogens is 276 g/mol. The predicted molar refractivity (Wildman–Crippen MR) is 86.2 cm³/mol. The number of ether oxygens (including phenoxy) is 1. The Balaban J connectivity index is 1.83. The number of rotatable bonds is 6. The molecule has 1 saturated carbocycles. The lowest BCUT2D eigenvalue weighted by molar-refractivity contribution is 0.271. The molecule has 1 aromatic carbocycles. The van der Waals surface area contributed by atoms with E-state index in [2.05, 4.69) is 24.2 Å². The van der Waals surface area contributed by atoms with Crippen LogP contribution in [0.15, 0.2) is 24.3 Å². The first-order valence-electron chi connectivity index (χ1n) is 8.06. The van der Waals surface area contributed by atoms with Crippen molar-refractivity contribution in [1.29, 1.82) is 0 Å². The Bertz CT molecular complexity index is 614. The maximum absolute atomic E-state index is 5.81. The van der Waals surface area contributed by atoms with Gasteiger partial charge in [0.1, 0.15) is 11.4 Å².